The van der Waals surface area contributed by atoms with Crippen LogP contribution in [0.4, 0.5) is 0 Å². The lowest BCUT2D eigenvalue weighted by Gasteiger charge is -2.04. The van der Waals surface area contributed by atoms with Crippen LogP contribution in [-0.2, 0) is 17.6 Å². The molecule has 98 valence electrons. The minimum Gasteiger partial charge on any atom is -0.481 e. The van der Waals surface area contributed by atoms with Crippen LogP contribution >= 0.6 is 0 Å². The van der Waals surface area contributed by atoms with E-state index in [9.17, 15) is 4.79 Å². The summed E-state index contributed by atoms with van der Waals surface area (Å²) in [6, 6.07) is 7.34. The lowest BCUT2D eigenvalue weighted by atomic mass is 10.1. The largest absolute Gasteiger partial charge is 0.481 e. The SMILES string of the molecule is CCCc1cnc(-c2cccc(CC(=O)O)c2)nc1. The topological polar surface area (TPSA) is 63.1 Å². The molecule has 2 rings (SSSR count). The van der Waals surface area contributed by atoms with Crippen LogP contribution in [0, 0.1) is 0 Å². The lowest BCUT2D eigenvalue weighted by molar-refractivity contribution is -0.136. The van der Waals surface area contributed by atoms with E-state index in [-0.39, 0.29) is 6.42 Å². The molecular formula is C15H16N2O2. The second kappa shape index (κ2) is 6.09. The zero-order valence-electron chi connectivity index (χ0n) is 10.8. The second-order valence-electron chi connectivity index (χ2n) is 4.44. The van der Waals surface area contributed by atoms with E-state index in [4.69, 9.17) is 5.11 Å². The highest BCUT2D eigenvalue weighted by atomic mass is 16.4. The molecular weight excluding hydrogens is 240 g/mol. The Kier molecular flexibility index (Phi) is 4.23. The molecule has 0 fully saturated rings. The molecule has 0 atom stereocenters. The number of aliphatic carboxylic acids is 1. The zero-order valence-corrected chi connectivity index (χ0v) is 10.8. The van der Waals surface area contributed by atoms with Crippen LogP contribution in [0.1, 0.15) is 24.5 Å². The molecule has 0 aliphatic heterocycles. The van der Waals surface area contributed by atoms with Crippen LogP contribution < -0.4 is 0 Å². The van der Waals surface area contributed by atoms with Gasteiger partial charge in [0.2, 0.25) is 0 Å². The van der Waals surface area contributed by atoms with E-state index in [0.29, 0.717) is 5.82 Å². The standard InChI is InChI=1S/C15H16N2O2/c1-2-4-12-9-16-15(17-10-12)13-6-3-5-11(7-13)8-14(18)19/h3,5-7,9-10H,2,4,8H2,1H3,(H,18,19). The first-order chi connectivity index (χ1) is 9.19. The third-order valence-corrected chi connectivity index (χ3v) is 2.78. The van der Waals surface area contributed by atoms with Gasteiger partial charge < -0.3 is 5.11 Å². The summed E-state index contributed by atoms with van der Waals surface area (Å²) in [5.74, 6) is -0.205. The summed E-state index contributed by atoms with van der Waals surface area (Å²) in [6.45, 7) is 2.11. The average Bonchev–Trinajstić information content (AvgIpc) is 2.39. The van der Waals surface area contributed by atoms with E-state index < -0.39 is 5.97 Å². The summed E-state index contributed by atoms with van der Waals surface area (Å²) in [5.41, 5.74) is 2.72. The van der Waals surface area contributed by atoms with Crippen LogP contribution in [0.2, 0.25) is 0 Å². The van der Waals surface area contributed by atoms with Crippen molar-refractivity contribution in [3.63, 3.8) is 0 Å². The van der Waals surface area contributed by atoms with Crippen LogP contribution in [0.25, 0.3) is 11.4 Å². The maximum absolute atomic E-state index is 10.7. The van der Waals surface area contributed by atoms with Gasteiger partial charge in [-0.25, -0.2) is 9.97 Å². The van der Waals surface area contributed by atoms with Gasteiger partial charge in [0.15, 0.2) is 5.82 Å². The molecule has 0 radical (unpaired) electrons. The molecule has 1 aromatic heterocycles. The van der Waals surface area contributed by atoms with Crippen molar-refractivity contribution in [1.82, 2.24) is 9.97 Å². The third kappa shape index (κ3) is 3.61. The molecule has 0 aliphatic carbocycles. The van der Waals surface area contributed by atoms with Crippen molar-refractivity contribution < 1.29 is 9.90 Å². The second-order valence-corrected chi connectivity index (χ2v) is 4.44. The molecule has 0 amide bonds. The maximum Gasteiger partial charge on any atom is 0.307 e. The number of hydrogen-bond acceptors (Lipinski definition) is 3. The summed E-state index contributed by atoms with van der Waals surface area (Å²) in [5, 5.41) is 8.79. The monoisotopic (exact) mass is 256 g/mol. The van der Waals surface area contributed by atoms with E-state index in [1.807, 2.05) is 30.6 Å². The smallest absolute Gasteiger partial charge is 0.307 e. The van der Waals surface area contributed by atoms with Crippen LogP contribution in [0.15, 0.2) is 36.7 Å². The number of nitrogens with zero attached hydrogens (tertiary/aromatic N) is 2. The van der Waals surface area contributed by atoms with Gasteiger partial charge in [-0.2, -0.15) is 0 Å². The van der Waals surface area contributed by atoms with E-state index in [2.05, 4.69) is 16.9 Å². The van der Waals surface area contributed by atoms with Gasteiger partial charge in [0.25, 0.3) is 0 Å². The van der Waals surface area contributed by atoms with Crippen molar-refractivity contribution in [2.45, 2.75) is 26.2 Å². The highest BCUT2D eigenvalue weighted by molar-refractivity contribution is 5.71. The molecule has 1 aromatic carbocycles. The Morgan fingerprint density at radius 2 is 1.95 bits per heavy atom. The first kappa shape index (κ1) is 13.2. The number of rotatable bonds is 5. The van der Waals surface area contributed by atoms with Crippen molar-refractivity contribution in [2.75, 3.05) is 0 Å². The molecule has 4 nitrogen and oxygen atoms in total. The van der Waals surface area contributed by atoms with Crippen molar-refractivity contribution in [3.8, 4) is 11.4 Å². The van der Waals surface area contributed by atoms with Crippen LogP contribution in [0.3, 0.4) is 0 Å². The predicted octanol–water partition coefficient (Wildman–Crippen LogP) is 2.72. The van der Waals surface area contributed by atoms with Gasteiger partial charge in [-0.05, 0) is 23.6 Å². The van der Waals surface area contributed by atoms with Crippen molar-refractivity contribution in [1.29, 1.82) is 0 Å². The van der Waals surface area contributed by atoms with E-state index in [0.717, 1.165) is 29.5 Å². The first-order valence-corrected chi connectivity index (χ1v) is 6.31. The predicted molar refractivity (Wildman–Crippen MR) is 72.8 cm³/mol. The number of benzene rings is 1. The molecule has 2 aromatic rings. The van der Waals surface area contributed by atoms with Crippen molar-refractivity contribution in [2.24, 2.45) is 0 Å². The van der Waals surface area contributed by atoms with Gasteiger partial charge in [-0.15, -0.1) is 0 Å². The molecule has 1 N–H and O–H groups in total. The third-order valence-electron chi connectivity index (χ3n) is 2.78. The van der Waals surface area contributed by atoms with Crippen molar-refractivity contribution >= 4 is 5.97 Å². The Morgan fingerprint density at radius 3 is 2.58 bits per heavy atom. The van der Waals surface area contributed by atoms with E-state index >= 15 is 0 Å². The molecule has 19 heavy (non-hydrogen) atoms. The maximum atomic E-state index is 10.7. The minimum absolute atomic E-state index is 0.0156. The summed E-state index contributed by atoms with van der Waals surface area (Å²) in [6.07, 6.45) is 5.71. The number of aromatic nitrogens is 2. The Morgan fingerprint density at radius 1 is 1.21 bits per heavy atom. The number of hydrogen-bond donors (Lipinski definition) is 1. The summed E-state index contributed by atoms with van der Waals surface area (Å²) >= 11 is 0. The summed E-state index contributed by atoms with van der Waals surface area (Å²) < 4.78 is 0. The highest BCUT2D eigenvalue weighted by Crippen LogP contribution is 2.16. The quantitative estimate of drug-likeness (QED) is 0.893. The number of carboxylic acid groups (broad SMARTS) is 1. The van der Waals surface area contributed by atoms with Crippen molar-refractivity contribution in [3.05, 3.63) is 47.8 Å². The summed E-state index contributed by atoms with van der Waals surface area (Å²) in [4.78, 5) is 19.4. The fourth-order valence-corrected chi connectivity index (χ4v) is 1.92. The highest BCUT2D eigenvalue weighted by Gasteiger charge is 2.05. The number of aryl methyl sites for hydroxylation is 1. The van der Waals surface area contributed by atoms with Gasteiger partial charge in [0, 0.05) is 18.0 Å². The van der Waals surface area contributed by atoms with Crippen LogP contribution in [0.5, 0.6) is 0 Å². The zero-order chi connectivity index (χ0) is 13.7. The average molecular weight is 256 g/mol. The van der Waals surface area contributed by atoms with Gasteiger partial charge in [-0.3, -0.25) is 4.79 Å². The fraction of sp³-hybridized carbons (Fsp3) is 0.267. The molecule has 0 bridgehead atoms. The molecule has 0 saturated carbocycles. The molecule has 4 heteroatoms. The Hall–Kier alpha value is -2.23. The summed E-state index contributed by atoms with van der Waals surface area (Å²) in [7, 11) is 0. The Labute approximate surface area is 112 Å². The molecule has 0 aliphatic rings. The molecule has 1 heterocycles. The van der Waals surface area contributed by atoms with Gasteiger partial charge in [0.1, 0.15) is 0 Å². The number of carboxylic acids is 1. The molecule has 0 unspecified atom stereocenters. The molecule has 0 saturated heterocycles. The van der Waals surface area contributed by atoms with Gasteiger partial charge in [0.05, 0.1) is 6.42 Å². The van der Waals surface area contributed by atoms with E-state index in [1.165, 1.54) is 0 Å². The van der Waals surface area contributed by atoms with Gasteiger partial charge in [-0.1, -0.05) is 31.5 Å². The first-order valence-electron chi connectivity index (χ1n) is 6.31. The Balaban J connectivity index is 2.23. The lowest BCUT2D eigenvalue weighted by Crippen LogP contribution is -2.00. The molecule has 0 spiro atoms. The van der Waals surface area contributed by atoms with Crippen LogP contribution in [-0.4, -0.2) is 21.0 Å². The normalized spacial score (nSPS) is 10.4. The van der Waals surface area contributed by atoms with E-state index in [1.54, 1.807) is 6.07 Å². The number of carbonyl (C=O) groups is 1. The van der Waals surface area contributed by atoms with Gasteiger partial charge >= 0.3 is 5.97 Å². The minimum atomic E-state index is -0.837. The fourth-order valence-electron chi connectivity index (χ4n) is 1.92. The Bertz CT molecular complexity index is 565.